The zero-order chi connectivity index (χ0) is 8.65. The summed E-state index contributed by atoms with van der Waals surface area (Å²) in [7, 11) is -3.86. The van der Waals surface area contributed by atoms with Crippen molar-refractivity contribution in [3.63, 3.8) is 0 Å². The SMILES string of the molecule is CS(=O)(=O)c1c(F)n[nH]c1F. The van der Waals surface area contributed by atoms with Crippen molar-refractivity contribution in [2.45, 2.75) is 4.90 Å². The van der Waals surface area contributed by atoms with Crippen LogP contribution in [0.5, 0.6) is 0 Å². The van der Waals surface area contributed by atoms with Crippen LogP contribution in [-0.2, 0) is 9.84 Å². The Morgan fingerprint density at radius 2 is 2.00 bits per heavy atom. The molecule has 11 heavy (non-hydrogen) atoms. The highest BCUT2D eigenvalue weighted by Gasteiger charge is 2.22. The van der Waals surface area contributed by atoms with Crippen molar-refractivity contribution >= 4 is 9.84 Å². The minimum Gasteiger partial charge on any atom is -0.249 e. The number of hydrogen-bond donors (Lipinski definition) is 1. The molecule has 0 amide bonds. The molecule has 4 nitrogen and oxygen atoms in total. The average molecular weight is 182 g/mol. The Morgan fingerprint density at radius 3 is 2.18 bits per heavy atom. The molecule has 0 saturated heterocycles. The van der Waals surface area contributed by atoms with E-state index in [-0.39, 0.29) is 0 Å². The van der Waals surface area contributed by atoms with Crippen LogP contribution in [0.2, 0.25) is 0 Å². The number of aromatic nitrogens is 2. The Hall–Kier alpha value is -0.980. The molecule has 7 heteroatoms. The third kappa shape index (κ3) is 1.37. The molecule has 0 aliphatic carbocycles. The first-order valence-electron chi connectivity index (χ1n) is 2.52. The summed E-state index contributed by atoms with van der Waals surface area (Å²) in [6.45, 7) is 0. The summed E-state index contributed by atoms with van der Waals surface area (Å²) in [4.78, 5) is -1.02. The first-order valence-corrected chi connectivity index (χ1v) is 4.41. The smallest absolute Gasteiger partial charge is 0.249 e. The van der Waals surface area contributed by atoms with Crippen LogP contribution in [0.3, 0.4) is 0 Å². The van der Waals surface area contributed by atoms with Gasteiger partial charge < -0.3 is 0 Å². The standard InChI is InChI=1S/C4H4F2N2O2S/c1-11(9,10)2-3(5)7-8-4(2)6/h1H3,(H,7,8). The van der Waals surface area contributed by atoms with Crippen molar-refractivity contribution in [3.8, 4) is 0 Å². The normalized spacial score (nSPS) is 11.9. The summed E-state index contributed by atoms with van der Waals surface area (Å²) in [6.07, 6.45) is 0.698. The van der Waals surface area contributed by atoms with Gasteiger partial charge in [-0.05, 0) is 0 Å². The first kappa shape index (κ1) is 8.12. The minimum atomic E-state index is -3.86. The van der Waals surface area contributed by atoms with Gasteiger partial charge in [-0.2, -0.15) is 8.78 Å². The van der Waals surface area contributed by atoms with Crippen LogP contribution in [0.1, 0.15) is 0 Å². The highest BCUT2D eigenvalue weighted by atomic mass is 32.2. The molecule has 1 aromatic heterocycles. The molecule has 1 aromatic rings. The number of H-pyrrole nitrogens is 1. The van der Waals surface area contributed by atoms with E-state index in [9.17, 15) is 17.2 Å². The molecule has 0 aliphatic rings. The zero-order valence-electron chi connectivity index (χ0n) is 5.43. The van der Waals surface area contributed by atoms with E-state index in [4.69, 9.17) is 0 Å². The lowest BCUT2D eigenvalue weighted by Gasteiger charge is -1.89. The molecule has 0 saturated carbocycles. The Bertz CT molecular complexity index is 350. The second-order valence-corrected chi connectivity index (χ2v) is 3.88. The lowest BCUT2D eigenvalue weighted by atomic mass is 10.7. The maximum Gasteiger partial charge on any atom is 0.254 e. The third-order valence-corrected chi connectivity index (χ3v) is 2.10. The number of nitrogens with one attached hydrogen (secondary N) is 1. The average Bonchev–Trinajstić information content (AvgIpc) is 2.08. The fraction of sp³-hybridized carbons (Fsp3) is 0.250. The van der Waals surface area contributed by atoms with Gasteiger partial charge in [0.2, 0.25) is 5.95 Å². The van der Waals surface area contributed by atoms with Crippen LogP contribution < -0.4 is 0 Å². The minimum absolute atomic E-state index is 0.698. The van der Waals surface area contributed by atoms with Crippen molar-refractivity contribution < 1.29 is 17.2 Å². The molecule has 0 aliphatic heterocycles. The number of rotatable bonds is 1. The van der Waals surface area contributed by atoms with E-state index >= 15 is 0 Å². The molecule has 0 aromatic carbocycles. The van der Waals surface area contributed by atoms with Gasteiger partial charge in [0.25, 0.3) is 5.95 Å². The van der Waals surface area contributed by atoms with Crippen molar-refractivity contribution in [2.75, 3.05) is 6.26 Å². The molecule has 62 valence electrons. The lowest BCUT2D eigenvalue weighted by Crippen LogP contribution is -2.00. The third-order valence-electron chi connectivity index (χ3n) is 1.01. The Morgan fingerprint density at radius 1 is 1.45 bits per heavy atom. The molecule has 0 unspecified atom stereocenters. The fourth-order valence-electron chi connectivity index (χ4n) is 0.606. The number of nitrogens with zero attached hydrogens (tertiary/aromatic N) is 1. The van der Waals surface area contributed by atoms with E-state index in [0.717, 1.165) is 0 Å². The molecule has 0 spiro atoms. The van der Waals surface area contributed by atoms with Gasteiger partial charge in [-0.1, -0.05) is 0 Å². The largest absolute Gasteiger partial charge is 0.254 e. The summed E-state index contributed by atoms with van der Waals surface area (Å²) in [5.41, 5.74) is 0. The summed E-state index contributed by atoms with van der Waals surface area (Å²) in [5.74, 6) is -2.62. The van der Waals surface area contributed by atoms with E-state index in [1.54, 1.807) is 5.10 Å². The molecule has 1 rings (SSSR count). The maximum absolute atomic E-state index is 12.4. The second-order valence-electron chi connectivity index (χ2n) is 1.93. The molecule has 0 radical (unpaired) electrons. The lowest BCUT2D eigenvalue weighted by molar-refractivity contribution is 0.524. The first-order chi connectivity index (χ1) is 4.93. The molecule has 1 heterocycles. The monoisotopic (exact) mass is 182 g/mol. The molecule has 0 fully saturated rings. The Balaban J connectivity index is 3.45. The van der Waals surface area contributed by atoms with E-state index in [0.29, 0.717) is 6.26 Å². The second kappa shape index (κ2) is 2.26. The van der Waals surface area contributed by atoms with Gasteiger partial charge in [0.1, 0.15) is 0 Å². The van der Waals surface area contributed by atoms with Gasteiger partial charge in [-0.3, -0.25) is 0 Å². The van der Waals surface area contributed by atoms with Crippen molar-refractivity contribution in [2.24, 2.45) is 0 Å². The molecular weight excluding hydrogens is 178 g/mol. The van der Waals surface area contributed by atoms with Crippen LogP contribution in [0, 0.1) is 11.9 Å². The summed E-state index contributed by atoms with van der Waals surface area (Å²) in [6, 6.07) is 0. The molecular formula is C4H4F2N2O2S. The highest BCUT2D eigenvalue weighted by Crippen LogP contribution is 2.14. The van der Waals surface area contributed by atoms with E-state index in [1.165, 1.54) is 0 Å². The van der Waals surface area contributed by atoms with Gasteiger partial charge in [0.15, 0.2) is 14.7 Å². The van der Waals surface area contributed by atoms with E-state index in [1.807, 2.05) is 0 Å². The van der Waals surface area contributed by atoms with Gasteiger partial charge in [-0.25, -0.2) is 13.5 Å². The fourth-order valence-corrected chi connectivity index (χ4v) is 1.33. The number of halogens is 2. The summed E-state index contributed by atoms with van der Waals surface area (Å²) < 4.78 is 45.9. The topological polar surface area (TPSA) is 62.8 Å². The summed E-state index contributed by atoms with van der Waals surface area (Å²) >= 11 is 0. The van der Waals surface area contributed by atoms with Crippen LogP contribution in [0.15, 0.2) is 4.90 Å². The predicted octanol–water partition coefficient (Wildman–Crippen LogP) is 0.0914. The van der Waals surface area contributed by atoms with E-state index in [2.05, 4.69) is 5.10 Å². The van der Waals surface area contributed by atoms with Crippen LogP contribution in [0.4, 0.5) is 8.78 Å². The van der Waals surface area contributed by atoms with Crippen LogP contribution >= 0.6 is 0 Å². The van der Waals surface area contributed by atoms with Crippen molar-refractivity contribution in [1.82, 2.24) is 10.2 Å². The van der Waals surface area contributed by atoms with Crippen molar-refractivity contribution in [3.05, 3.63) is 11.9 Å². The van der Waals surface area contributed by atoms with E-state index < -0.39 is 26.6 Å². The molecule has 0 atom stereocenters. The molecule has 1 N–H and O–H groups in total. The zero-order valence-corrected chi connectivity index (χ0v) is 6.24. The van der Waals surface area contributed by atoms with Gasteiger partial charge >= 0.3 is 0 Å². The van der Waals surface area contributed by atoms with Gasteiger partial charge in [-0.15, -0.1) is 5.10 Å². The summed E-state index contributed by atoms with van der Waals surface area (Å²) in [5, 5.41) is 4.31. The Kier molecular flexibility index (Phi) is 1.67. The van der Waals surface area contributed by atoms with Crippen LogP contribution in [-0.4, -0.2) is 24.9 Å². The quantitative estimate of drug-likeness (QED) is 0.669. The number of aromatic amines is 1. The molecule has 0 bridgehead atoms. The number of hydrogen-bond acceptors (Lipinski definition) is 3. The predicted molar refractivity (Wildman–Crippen MR) is 31.6 cm³/mol. The number of sulfone groups is 1. The highest BCUT2D eigenvalue weighted by molar-refractivity contribution is 7.90. The maximum atomic E-state index is 12.4. The Labute approximate surface area is 61.2 Å². The van der Waals surface area contributed by atoms with Crippen molar-refractivity contribution in [1.29, 1.82) is 0 Å². The van der Waals surface area contributed by atoms with Crippen LogP contribution in [0.25, 0.3) is 0 Å². The van der Waals surface area contributed by atoms with Gasteiger partial charge in [0, 0.05) is 6.26 Å². The van der Waals surface area contributed by atoms with Gasteiger partial charge in [0.05, 0.1) is 0 Å².